The van der Waals surface area contributed by atoms with Gasteiger partial charge in [0.25, 0.3) is 0 Å². The zero-order valence-electron chi connectivity index (χ0n) is 12.1. The van der Waals surface area contributed by atoms with E-state index in [1.807, 2.05) is 43.3 Å². The van der Waals surface area contributed by atoms with Gasteiger partial charge < -0.3 is 14.6 Å². The van der Waals surface area contributed by atoms with Gasteiger partial charge in [-0.15, -0.1) is 0 Å². The zero-order chi connectivity index (χ0) is 15.2. The number of methoxy groups -OCH3 is 1. The normalized spacial score (nSPS) is 11.7. The quantitative estimate of drug-likeness (QED) is 0.886. The summed E-state index contributed by atoms with van der Waals surface area (Å²) < 4.78 is 10.9. The minimum absolute atomic E-state index is 0.243. The SMILES string of the molecule is COc1ccccc1C[C@H](Oc1cccc(C)c1)C(=O)O. The molecular weight excluding hydrogens is 268 g/mol. The second-order valence-electron chi connectivity index (χ2n) is 4.78. The maximum absolute atomic E-state index is 11.4. The average molecular weight is 286 g/mol. The Morgan fingerprint density at radius 3 is 2.62 bits per heavy atom. The Balaban J connectivity index is 2.18. The highest BCUT2D eigenvalue weighted by molar-refractivity contribution is 5.73. The number of benzene rings is 2. The Bertz CT molecular complexity index is 622. The third-order valence-corrected chi connectivity index (χ3v) is 3.14. The second kappa shape index (κ2) is 6.79. The molecule has 0 bridgehead atoms. The van der Waals surface area contributed by atoms with Crippen LogP contribution >= 0.6 is 0 Å². The maximum atomic E-state index is 11.4. The van der Waals surface area contributed by atoms with Crippen LogP contribution in [0.15, 0.2) is 48.5 Å². The van der Waals surface area contributed by atoms with Gasteiger partial charge in [-0.05, 0) is 36.2 Å². The fourth-order valence-corrected chi connectivity index (χ4v) is 2.10. The number of hydrogen-bond acceptors (Lipinski definition) is 3. The molecule has 0 unspecified atom stereocenters. The molecule has 0 spiro atoms. The number of carboxylic acid groups (broad SMARTS) is 1. The zero-order valence-corrected chi connectivity index (χ0v) is 12.1. The van der Waals surface area contributed by atoms with E-state index >= 15 is 0 Å². The Hall–Kier alpha value is -2.49. The van der Waals surface area contributed by atoms with Crippen LogP contribution in [-0.4, -0.2) is 24.3 Å². The molecule has 0 aliphatic heterocycles. The summed E-state index contributed by atoms with van der Waals surface area (Å²) >= 11 is 0. The van der Waals surface area contributed by atoms with Crippen LogP contribution in [0.5, 0.6) is 11.5 Å². The van der Waals surface area contributed by atoms with E-state index in [4.69, 9.17) is 9.47 Å². The van der Waals surface area contributed by atoms with Crippen molar-refractivity contribution in [3.05, 3.63) is 59.7 Å². The molecule has 1 N–H and O–H groups in total. The topological polar surface area (TPSA) is 55.8 Å². The summed E-state index contributed by atoms with van der Waals surface area (Å²) in [6.45, 7) is 1.93. The molecule has 2 aromatic rings. The molecule has 2 aromatic carbocycles. The van der Waals surface area contributed by atoms with Crippen molar-refractivity contribution in [2.45, 2.75) is 19.4 Å². The van der Waals surface area contributed by atoms with Crippen LogP contribution in [0.1, 0.15) is 11.1 Å². The Labute approximate surface area is 123 Å². The minimum Gasteiger partial charge on any atom is -0.496 e. The van der Waals surface area contributed by atoms with Crippen molar-refractivity contribution in [1.82, 2.24) is 0 Å². The van der Waals surface area contributed by atoms with E-state index in [-0.39, 0.29) is 6.42 Å². The number of para-hydroxylation sites is 1. The smallest absolute Gasteiger partial charge is 0.345 e. The third-order valence-electron chi connectivity index (χ3n) is 3.14. The van der Waals surface area contributed by atoms with Gasteiger partial charge in [-0.25, -0.2) is 4.79 Å². The molecule has 0 amide bonds. The monoisotopic (exact) mass is 286 g/mol. The molecule has 110 valence electrons. The van der Waals surface area contributed by atoms with Gasteiger partial charge in [0.1, 0.15) is 11.5 Å². The molecule has 2 rings (SSSR count). The molecule has 21 heavy (non-hydrogen) atoms. The lowest BCUT2D eigenvalue weighted by atomic mass is 10.1. The lowest BCUT2D eigenvalue weighted by Crippen LogP contribution is -2.29. The highest BCUT2D eigenvalue weighted by Gasteiger charge is 2.21. The van der Waals surface area contributed by atoms with E-state index in [1.165, 1.54) is 0 Å². The standard InChI is InChI=1S/C17H18O4/c1-12-6-5-8-14(10-12)21-16(17(18)19)11-13-7-3-4-9-15(13)20-2/h3-10,16H,11H2,1-2H3,(H,18,19)/t16-/m0/s1. The van der Waals surface area contributed by atoms with E-state index in [9.17, 15) is 9.90 Å². The highest BCUT2D eigenvalue weighted by atomic mass is 16.5. The second-order valence-corrected chi connectivity index (χ2v) is 4.78. The molecule has 0 aliphatic carbocycles. The van der Waals surface area contributed by atoms with Crippen molar-refractivity contribution in [3.63, 3.8) is 0 Å². The fraction of sp³-hybridized carbons (Fsp3) is 0.235. The summed E-state index contributed by atoms with van der Waals surface area (Å²) in [7, 11) is 1.57. The summed E-state index contributed by atoms with van der Waals surface area (Å²) in [5.41, 5.74) is 1.83. The number of aliphatic carboxylic acids is 1. The van der Waals surface area contributed by atoms with Crippen molar-refractivity contribution in [3.8, 4) is 11.5 Å². The first-order valence-corrected chi connectivity index (χ1v) is 6.68. The van der Waals surface area contributed by atoms with Crippen LogP contribution in [0.25, 0.3) is 0 Å². The number of carbonyl (C=O) groups is 1. The van der Waals surface area contributed by atoms with Gasteiger partial charge in [0.05, 0.1) is 7.11 Å². The van der Waals surface area contributed by atoms with Gasteiger partial charge in [-0.1, -0.05) is 30.3 Å². The van der Waals surface area contributed by atoms with Crippen LogP contribution in [0.4, 0.5) is 0 Å². The molecule has 0 aromatic heterocycles. The van der Waals surface area contributed by atoms with Crippen LogP contribution in [-0.2, 0) is 11.2 Å². The lowest BCUT2D eigenvalue weighted by Gasteiger charge is -2.17. The number of rotatable bonds is 6. The van der Waals surface area contributed by atoms with Crippen LogP contribution in [0.3, 0.4) is 0 Å². The number of ether oxygens (including phenoxy) is 2. The summed E-state index contributed by atoms with van der Waals surface area (Å²) in [5.74, 6) is 0.219. The van der Waals surface area contributed by atoms with Crippen molar-refractivity contribution < 1.29 is 19.4 Å². The number of hydrogen-bond donors (Lipinski definition) is 1. The Morgan fingerprint density at radius 2 is 1.95 bits per heavy atom. The fourth-order valence-electron chi connectivity index (χ4n) is 2.10. The summed E-state index contributed by atoms with van der Waals surface area (Å²) in [6, 6.07) is 14.7. The summed E-state index contributed by atoms with van der Waals surface area (Å²) in [5, 5.41) is 9.36. The molecule has 0 saturated carbocycles. The van der Waals surface area contributed by atoms with Gasteiger partial charge in [0, 0.05) is 6.42 Å². The van der Waals surface area contributed by atoms with Crippen molar-refractivity contribution >= 4 is 5.97 Å². The van der Waals surface area contributed by atoms with Crippen LogP contribution in [0.2, 0.25) is 0 Å². The van der Waals surface area contributed by atoms with Crippen molar-refractivity contribution in [2.75, 3.05) is 7.11 Å². The summed E-state index contributed by atoms with van der Waals surface area (Å²) in [6.07, 6.45) is -0.712. The Morgan fingerprint density at radius 1 is 1.19 bits per heavy atom. The van der Waals surface area contributed by atoms with E-state index in [2.05, 4.69) is 0 Å². The van der Waals surface area contributed by atoms with Crippen LogP contribution < -0.4 is 9.47 Å². The van der Waals surface area contributed by atoms with Crippen molar-refractivity contribution in [1.29, 1.82) is 0 Å². The van der Waals surface area contributed by atoms with Gasteiger partial charge in [-0.3, -0.25) is 0 Å². The largest absolute Gasteiger partial charge is 0.496 e. The van der Waals surface area contributed by atoms with E-state index in [1.54, 1.807) is 19.2 Å². The Kier molecular flexibility index (Phi) is 4.82. The molecule has 4 nitrogen and oxygen atoms in total. The molecule has 4 heteroatoms. The van der Waals surface area contributed by atoms with Crippen molar-refractivity contribution in [2.24, 2.45) is 0 Å². The van der Waals surface area contributed by atoms with E-state index in [0.29, 0.717) is 11.5 Å². The molecular formula is C17H18O4. The lowest BCUT2D eigenvalue weighted by molar-refractivity contribution is -0.145. The highest BCUT2D eigenvalue weighted by Crippen LogP contribution is 2.22. The molecule has 0 radical (unpaired) electrons. The van der Waals surface area contributed by atoms with Gasteiger partial charge in [0.2, 0.25) is 0 Å². The number of carboxylic acids is 1. The first-order chi connectivity index (χ1) is 10.1. The van der Waals surface area contributed by atoms with Crippen LogP contribution in [0, 0.1) is 6.92 Å². The molecule has 1 atom stereocenters. The maximum Gasteiger partial charge on any atom is 0.345 e. The average Bonchev–Trinajstić information content (AvgIpc) is 2.47. The predicted molar refractivity (Wildman–Crippen MR) is 79.9 cm³/mol. The van der Waals surface area contributed by atoms with E-state index in [0.717, 1.165) is 11.1 Å². The van der Waals surface area contributed by atoms with Gasteiger partial charge >= 0.3 is 5.97 Å². The van der Waals surface area contributed by atoms with E-state index < -0.39 is 12.1 Å². The predicted octanol–water partition coefficient (Wildman–Crippen LogP) is 3.08. The first kappa shape index (κ1) is 14.9. The molecule has 0 fully saturated rings. The first-order valence-electron chi connectivity index (χ1n) is 6.68. The van der Waals surface area contributed by atoms with Gasteiger partial charge in [-0.2, -0.15) is 0 Å². The molecule has 0 aliphatic rings. The minimum atomic E-state index is -0.998. The van der Waals surface area contributed by atoms with Gasteiger partial charge in [0.15, 0.2) is 6.10 Å². The number of aryl methyl sites for hydroxylation is 1. The third kappa shape index (κ3) is 3.99. The summed E-state index contributed by atoms with van der Waals surface area (Å²) in [4.78, 5) is 11.4. The molecule has 0 heterocycles. The molecule has 0 saturated heterocycles.